The summed E-state index contributed by atoms with van der Waals surface area (Å²) < 4.78 is 0. The van der Waals surface area contributed by atoms with Gasteiger partial charge in [0.1, 0.15) is 0 Å². The van der Waals surface area contributed by atoms with Crippen LogP contribution in [-0.4, -0.2) is 9.97 Å². The van der Waals surface area contributed by atoms with Crippen LogP contribution in [0, 0.1) is 11.8 Å². The molecule has 4 atom stereocenters. The van der Waals surface area contributed by atoms with Gasteiger partial charge in [0, 0.05) is 12.4 Å². The molecule has 4 rings (SSSR count). The lowest BCUT2D eigenvalue weighted by Gasteiger charge is -2.15. The highest BCUT2D eigenvalue weighted by molar-refractivity contribution is 5.40. The number of aryl methyl sites for hydroxylation is 1. The second-order valence-corrected chi connectivity index (χ2v) is 5.78. The molecule has 0 saturated heterocycles. The summed E-state index contributed by atoms with van der Waals surface area (Å²) in [5.74, 6) is 7.70. The highest BCUT2D eigenvalue weighted by atomic mass is 15.2. The van der Waals surface area contributed by atoms with Gasteiger partial charge in [0.15, 0.2) is 0 Å². The smallest absolute Gasteiger partial charge is 0.0772 e. The van der Waals surface area contributed by atoms with Gasteiger partial charge in [-0.1, -0.05) is 24.3 Å². The van der Waals surface area contributed by atoms with E-state index in [2.05, 4.69) is 39.7 Å². The Morgan fingerprint density at radius 1 is 1.25 bits per heavy atom. The van der Waals surface area contributed by atoms with E-state index in [0.29, 0.717) is 11.8 Å². The predicted octanol–water partition coefficient (Wildman–Crippen LogP) is 1.96. The van der Waals surface area contributed by atoms with Crippen molar-refractivity contribution in [3.8, 4) is 0 Å². The van der Waals surface area contributed by atoms with Crippen LogP contribution in [0.25, 0.3) is 0 Å². The van der Waals surface area contributed by atoms with E-state index < -0.39 is 0 Å². The van der Waals surface area contributed by atoms with Gasteiger partial charge in [-0.2, -0.15) is 0 Å². The summed E-state index contributed by atoms with van der Waals surface area (Å²) in [6.07, 6.45) is 7.70. The standard InChI is InChI=1S/C16H18N4/c17-20-16(13-9-18-7-8-19-13)15-12-6-5-10-3-1-2-4-11(10)14(12)15/h1-4,7-9,12,14-16,20H,5-6,17H2. The zero-order valence-electron chi connectivity index (χ0n) is 11.2. The van der Waals surface area contributed by atoms with Gasteiger partial charge in [-0.15, -0.1) is 0 Å². The van der Waals surface area contributed by atoms with Crippen LogP contribution in [0.15, 0.2) is 42.9 Å². The van der Waals surface area contributed by atoms with Crippen molar-refractivity contribution < 1.29 is 0 Å². The van der Waals surface area contributed by atoms with E-state index in [1.54, 1.807) is 12.4 Å². The van der Waals surface area contributed by atoms with Crippen LogP contribution < -0.4 is 11.3 Å². The van der Waals surface area contributed by atoms with Crippen molar-refractivity contribution in [3.05, 3.63) is 59.7 Å². The average Bonchev–Trinajstić information content (AvgIpc) is 3.24. The molecule has 1 heterocycles. The molecule has 20 heavy (non-hydrogen) atoms. The zero-order chi connectivity index (χ0) is 13.5. The minimum Gasteiger partial charge on any atom is -0.271 e. The fraction of sp³-hybridized carbons (Fsp3) is 0.375. The zero-order valence-corrected chi connectivity index (χ0v) is 11.2. The van der Waals surface area contributed by atoms with Crippen LogP contribution in [0.3, 0.4) is 0 Å². The normalized spacial score (nSPS) is 28.4. The topological polar surface area (TPSA) is 63.8 Å². The van der Waals surface area contributed by atoms with E-state index in [-0.39, 0.29) is 6.04 Å². The molecule has 0 spiro atoms. The molecule has 4 unspecified atom stereocenters. The van der Waals surface area contributed by atoms with Gasteiger partial charge < -0.3 is 0 Å². The van der Waals surface area contributed by atoms with Crippen molar-refractivity contribution in [2.45, 2.75) is 24.8 Å². The first-order chi connectivity index (χ1) is 9.90. The molecule has 0 amide bonds. The van der Waals surface area contributed by atoms with Crippen molar-refractivity contribution in [2.75, 3.05) is 0 Å². The van der Waals surface area contributed by atoms with Crippen molar-refractivity contribution >= 4 is 0 Å². The number of hydrogen-bond acceptors (Lipinski definition) is 4. The average molecular weight is 266 g/mol. The first-order valence-electron chi connectivity index (χ1n) is 7.20. The molecular formula is C16H18N4. The second-order valence-electron chi connectivity index (χ2n) is 5.78. The van der Waals surface area contributed by atoms with E-state index in [4.69, 9.17) is 5.84 Å². The third-order valence-corrected chi connectivity index (χ3v) is 4.86. The Kier molecular flexibility index (Phi) is 2.79. The largest absolute Gasteiger partial charge is 0.271 e. The molecule has 102 valence electrons. The summed E-state index contributed by atoms with van der Waals surface area (Å²) >= 11 is 0. The second kappa shape index (κ2) is 4.65. The summed E-state index contributed by atoms with van der Waals surface area (Å²) in [4.78, 5) is 8.59. The van der Waals surface area contributed by atoms with Gasteiger partial charge >= 0.3 is 0 Å². The number of hydrazine groups is 1. The molecule has 1 aromatic carbocycles. The number of benzene rings is 1. The molecule has 3 N–H and O–H groups in total. The Morgan fingerprint density at radius 3 is 2.95 bits per heavy atom. The number of nitrogens with one attached hydrogen (secondary N) is 1. The number of nitrogens with two attached hydrogens (primary N) is 1. The number of aromatic nitrogens is 2. The summed E-state index contributed by atoms with van der Waals surface area (Å²) in [6, 6.07) is 8.91. The minimum absolute atomic E-state index is 0.102. The number of nitrogens with zero attached hydrogens (tertiary/aromatic N) is 2. The van der Waals surface area contributed by atoms with Gasteiger partial charge in [-0.25, -0.2) is 0 Å². The van der Waals surface area contributed by atoms with Crippen LogP contribution in [0.1, 0.15) is 35.2 Å². The molecule has 0 radical (unpaired) electrons. The van der Waals surface area contributed by atoms with E-state index in [9.17, 15) is 0 Å². The van der Waals surface area contributed by atoms with E-state index in [0.717, 1.165) is 11.6 Å². The molecule has 0 bridgehead atoms. The number of fused-ring (bicyclic) bond motifs is 3. The molecule has 1 saturated carbocycles. The van der Waals surface area contributed by atoms with E-state index in [1.165, 1.54) is 24.0 Å². The molecule has 4 nitrogen and oxygen atoms in total. The fourth-order valence-electron chi connectivity index (χ4n) is 3.94. The third kappa shape index (κ3) is 1.76. The molecule has 2 aromatic rings. The summed E-state index contributed by atoms with van der Waals surface area (Å²) in [5, 5.41) is 0. The Hall–Kier alpha value is -1.78. The van der Waals surface area contributed by atoms with Gasteiger partial charge in [0.2, 0.25) is 0 Å². The lowest BCUT2D eigenvalue weighted by Crippen LogP contribution is -2.31. The van der Waals surface area contributed by atoms with Gasteiger partial charge in [-0.3, -0.25) is 21.2 Å². The molecule has 4 heteroatoms. The maximum atomic E-state index is 5.80. The monoisotopic (exact) mass is 266 g/mol. The molecule has 2 aliphatic rings. The van der Waals surface area contributed by atoms with Crippen molar-refractivity contribution in [2.24, 2.45) is 17.7 Å². The van der Waals surface area contributed by atoms with Crippen molar-refractivity contribution in [3.63, 3.8) is 0 Å². The third-order valence-electron chi connectivity index (χ3n) is 4.86. The lowest BCUT2D eigenvalue weighted by molar-refractivity contribution is 0.449. The highest BCUT2D eigenvalue weighted by Gasteiger charge is 2.56. The van der Waals surface area contributed by atoms with Crippen LogP contribution in [-0.2, 0) is 6.42 Å². The summed E-state index contributed by atoms with van der Waals surface area (Å²) in [7, 11) is 0. The van der Waals surface area contributed by atoms with Crippen LogP contribution >= 0.6 is 0 Å². The maximum absolute atomic E-state index is 5.80. The minimum atomic E-state index is 0.102. The van der Waals surface area contributed by atoms with Gasteiger partial charge in [0.25, 0.3) is 0 Å². The van der Waals surface area contributed by atoms with Crippen molar-refractivity contribution in [1.29, 1.82) is 0 Å². The summed E-state index contributed by atoms with van der Waals surface area (Å²) in [5.41, 5.74) is 6.93. The van der Waals surface area contributed by atoms with Gasteiger partial charge in [-0.05, 0) is 41.7 Å². The summed E-state index contributed by atoms with van der Waals surface area (Å²) in [6.45, 7) is 0. The molecule has 1 aromatic heterocycles. The molecular weight excluding hydrogens is 248 g/mol. The number of rotatable bonds is 3. The Balaban J connectivity index is 1.66. The highest BCUT2D eigenvalue weighted by Crippen LogP contribution is 2.63. The lowest BCUT2D eigenvalue weighted by atomic mass is 9.92. The first-order valence-corrected chi connectivity index (χ1v) is 7.20. The van der Waals surface area contributed by atoms with Crippen LogP contribution in [0.4, 0.5) is 0 Å². The van der Waals surface area contributed by atoms with Gasteiger partial charge in [0.05, 0.1) is 17.9 Å². The Morgan fingerprint density at radius 2 is 2.15 bits per heavy atom. The first kappa shape index (κ1) is 12.0. The fourth-order valence-corrected chi connectivity index (χ4v) is 3.94. The van der Waals surface area contributed by atoms with Crippen molar-refractivity contribution in [1.82, 2.24) is 15.4 Å². The quantitative estimate of drug-likeness (QED) is 0.658. The molecule has 2 aliphatic carbocycles. The Labute approximate surface area is 118 Å². The van der Waals surface area contributed by atoms with E-state index in [1.807, 2.05) is 6.20 Å². The SMILES string of the molecule is NNC(c1cnccn1)C1C2CCc3ccccc3C21. The van der Waals surface area contributed by atoms with Crippen LogP contribution in [0.5, 0.6) is 0 Å². The predicted molar refractivity (Wildman–Crippen MR) is 76.6 cm³/mol. The van der Waals surface area contributed by atoms with E-state index >= 15 is 0 Å². The Bertz CT molecular complexity index is 613. The number of hydrogen-bond donors (Lipinski definition) is 2. The maximum Gasteiger partial charge on any atom is 0.0772 e. The van der Waals surface area contributed by atoms with Crippen LogP contribution in [0.2, 0.25) is 0 Å². The molecule has 0 aliphatic heterocycles. The molecule has 1 fully saturated rings.